The molecule has 1 rings (SSSR count). The smallest absolute Gasteiger partial charge is 0.338 e. The van der Waals surface area contributed by atoms with Crippen LogP contribution in [-0.4, -0.2) is 35.1 Å². The minimum atomic E-state index is -1.04. The minimum absolute atomic E-state index is 0.114. The summed E-state index contributed by atoms with van der Waals surface area (Å²) in [6.07, 6.45) is 2.47. The highest BCUT2D eigenvalue weighted by Crippen LogP contribution is 2.23. The first-order valence-electron chi connectivity index (χ1n) is 5.57. The van der Waals surface area contributed by atoms with Gasteiger partial charge in [-0.1, -0.05) is 13.0 Å². The van der Waals surface area contributed by atoms with Crippen LogP contribution in [0.5, 0.6) is 0 Å². The predicted molar refractivity (Wildman–Crippen MR) is 72.4 cm³/mol. The SMILES string of the molecule is C=CCN(CCC)C(=O)Nc1sccc1C(=O)O. The van der Waals surface area contributed by atoms with Crippen molar-refractivity contribution in [3.8, 4) is 0 Å². The summed E-state index contributed by atoms with van der Waals surface area (Å²) in [5.74, 6) is -1.04. The Labute approximate surface area is 110 Å². The minimum Gasteiger partial charge on any atom is -0.478 e. The monoisotopic (exact) mass is 268 g/mol. The number of anilines is 1. The Balaban J connectivity index is 2.75. The fraction of sp³-hybridized carbons (Fsp3) is 0.333. The molecule has 5 nitrogen and oxygen atoms in total. The average molecular weight is 268 g/mol. The first-order chi connectivity index (χ1) is 8.60. The van der Waals surface area contributed by atoms with Gasteiger partial charge in [0.2, 0.25) is 0 Å². The van der Waals surface area contributed by atoms with Crippen molar-refractivity contribution in [1.82, 2.24) is 4.90 Å². The van der Waals surface area contributed by atoms with E-state index in [-0.39, 0.29) is 11.6 Å². The molecule has 0 saturated heterocycles. The van der Waals surface area contributed by atoms with Gasteiger partial charge in [-0.05, 0) is 17.9 Å². The Kier molecular flexibility index (Phi) is 5.38. The van der Waals surface area contributed by atoms with E-state index in [1.807, 2.05) is 6.92 Å². The van der Waals surface area contributed by atoms with E-state index >= 15 is 0 Å². The van der Waals surface area contributed by atoms with E-state index in [1.165, 1.54) is 17.4 Å². The van der Waals surface area contributed by atoms with Crippen molar-refractivity contribution in [2.24, 2.45) is 0 Å². The van der Waals surface area contributed by atoms with Crippen LogP contribution in [0.25, 0.3) is 0 Å². The third kappa shape index (κ3) is 3.59. The maximum Gasteiger partial charge on any atom is 0.338 e. The van der Waals surface area contributed by atoms with Crippen LogP contribution >= 0.6 is 11.3 Å². The van der Waals surface area contributed by atoms with Gasteiger partial charge in [0.1, 0.15) is 5.00 Å². The molecular formula is C12H16N2O3S. The number of rotatable bonds is 6. The lowest BCUT2D eigenvalue weighted by Gasteiger charge is -2.20. The van der Waals surface area contributed by atoms with Crippen LogP contribution in [0.15, 0.2) is 24.1 Å². The van der Waals surface area contributed by atoms with Crippen LogP contribution in [0.2, 0.25) is 0 Å². The van der Waals surface area contributed by atoms with Gasteiger partial charge in [-0.25, -0.2) is 9.59 Å². The van der Waals surface area contributed by atoms with Gasteiger partial charge in [-0.15, -0.1) is 17.9 Å². The van der Waals surface area contributed by atoms with Gasteiger partial charge in [-0.3, -0.25) is 5.32 Å². The molecule has 0 spiro atoms. The number of carbonyl (C=O) groups is 2. The third-order valence-corrected chi connectivity index (χ3v) is 3.08. The van der Waals surface area contributed by atoms with E-state index in [9.17, 15) is 9.59 Å². The molecule has 6 heteroatoms. The zero-order valence-corrected chi connectivity index (χ0v) is 11.0. The highest BCUT2D eigenvalue weighted by molar-refractivity contribution is 7.14. The lowest BCUT2D eigenvalue weighted by atomic mass is 10.3. The normalized spacial score (nSPS) is 9.83. The molecule has 0 bridgehead atoms. The number of carboxylic acid groups (broad SMARTS) is 1. The van der Waals surface area contributed by atoms with E-state index < -0.39 is 5.97 Å². The van der Waals surface area contributed by atoms with Gasteiger partial charge in [-0.2, -0.15) is 0 Å². The largest absolute Gasteiger partial charge is 0.478 e. The maximum absolute atomic E-state index is 11.9. The Morgan fingerprint density at radius 2 is 2.33 bits per heavy atom. The number of hydrogen-bond acceptors (Lipinski definition) is 3. The molecule has 18 heavy (non-hydrogen) atoms. The standard InChI is InChI=1S/C12H16N2O3S/c1-3-6-14(7-4-2)12(17)13-10-9(11(15)16)5-8-18-10/h3,5,8H,1,4,6-7H2,2H3,(H,13,17)(H,15,16). The van der Waals surface area contributed by atoms with Crippen molar-refractivity contribution < 1.29 is 14.7 Å². The van der Waals surface area contributed by atoms with Crippen molar-refractivity contribution >= 4 is 28.3 Å². The van der Waals surface area contributed by atoms with Gasteiger partial charge in [0.25, 0.3) is 0 Å². The molecule has 0 aliphatic carbocycles. The van der Waals surface area contributed by atoms with E-state index in [2.05, 4.69) is 11.9 Å². The zero-order valence-electron chi connectivity index (χ0n) is 10.2. The highest BCUT2D eigenvalue weighted by Gasteiger charge is 2.16. The van der Waals surface area contributed by atoms with Crippen LogP contribution in [0.1, 0.15) is 23.7 Å². The summed E-state index contributed by atoms with van der Waals surface area (Å²) in [7, 11) is 0. The van der Waals surface area contributed by atoms with E-state index in [0.29, 0.717) is 18.1 Å². The molecule has 1 aromatic heterocycles. The first kappa shape index (κ1) is 14.2. The number of amides is 2. The van der Waals surface area contributed by atoms with Gasteiger partial charge < -0.3 is 10.0 Å². The molecule has 0 unspecified atom stereocenters. The predicted octanol–water partition coefficient (Wildman–Crippen LogP) is 2.88. The molecule has 2 amide bonds. The molecule has 1 aromatic rings. The van der Waals surface area contributed by atoms with Crippen molar-refractivity contribution in [3.63, 3.8) is 0 Å². The van der Waals surface area contributed by atoms with E-state index in [1.54, 1.807) is 16.4 Å². The van der Waals surface area contributed by atoms with Gasteiger partial charge >= 0.3 is 12.0 Å². The Bertz CT molecular complexity index is 442. The lowest BCUT2D eigenvalue weighted by molar-refractivity contribution is 0.0698. The molecule has 1 heterocycles. The van der Waals surface area contributed by atoms with Crippen LogP contribution < -0.4 is 5.32 Å². The summed E-state index contributed by atoms with van der Waals surface area (Å²) >= 11 is 1.19. The lowest BCUT2D eigenvalue weighted by Crippen LogP contribution is -2.35. The van der Waals surface area contributed by atoms with E-state index in [4.69, 9.17) is 5.11 Å². The number of nitrogens with one attached hydrogen (secondary N) is 1. The summed E-state index contributed by atoms with van der Waals surface area (Å²) in [6, 6.07) is 1.17. The number of carboxylic acids is 1. The van der Waals surface area contributed by atoms with Crippen molar-refractivity contribution in [2.75, 3.05) is 18.4 Å². The van der Waals surface area contributed by atoms with Crippen LogP contribution in [0.4, 0.5) is 9.80 Å². The third-order valence-electron chi connectivity index (χ3n) is 2.25. The molecule has 0 saturated carbocycles. The van der Waals surface area contributed by atoms with Crippen LogP contribution in [-0.2, 0) is 0 Å². The maximum atomic E-state index is 11.9. The molecule has 98 valence electrons. The Morgan fingerprint density at radius 1 is 1.61 bits per heavy atom. The van der Waals surface area contributed by atoms with Crippen molar-refractivity contribution in [1.29, 1.82) is 0 Å². The molecule has 0 aromatic carbocycles. The summed E-state index contributed by atoms with van der Waals surface area (Å²) < 4.78 is 0. The summed E-state index contributed by atoms with van der Waals surface area (Å²) in [4.78, 5) is 24.4. The fourth-order valence-electron chi connectivity index (χ4n) is 1.45. The number of urea groups is 1. The Morgan fingerprint density at radius 3 is 2.89 bits per heavy atom. The fourth-order valence-corrected chi connectivity index (χ4v) is 2.22. The van der Waals surface area contributed by atoms with Gasteiger partial charge in [0.05, 0.1) is 5.56 Å². The number of carbonyl (C=O) groups excluding carboxylic acids is 1. The number of aromatic carboxylic acids is 1. The molecule has 0 fully saturated rings. The number of thiophene rings is 1. The second-order valence-corrected chi connectivity index (χ2v) is 4.55. The first-order valence-corrected chi connectivity index (χ1v) is 6.45. The summed E-state index contributed by atoms with van der Waals surface area (Å²) in [5.41, 5.74) is 0.114. The highest BCUT2D eigenvalue weighted by atomic mass is 32.1. The summed E-state index contributed by atoms with van der Waals surface area (Å²) in [5, 5.41) is 13.6. The van der Waals surface area contributed by atoms with Gasteiger partial charge in [0, 0.05) is 13.1 Å². The van der Waals surface area contributed by atoms with Crippen LogP contribution in [0.3, 0.4) is 0 Å². The van der Waals surface area contributed by atoms with Crippen LogP contribution in [0, 0.1) is 0 Å². The number of hydrogen-bond donors (Lipinski definition) is 2. The molecule has 0 aliphatic rings. The molecule has 0 aliphatic heterocycles. The molecule has 0 atom stereocenters. The average Bonchev–Trinajstić information content (AvgIpc) is 2.77. The molecule has 0 radical (unpaired) electrons. The van der Waals surface area contributed by atoms with Gasteiger partial charge in [0.15, 0.2) is 0 Å². The quantitative estimate of drug-likeness (QED) is 0.779. The van der Waals surface area contributed by atoms with E-state index in [0.717, 1.165) is 6.42 Å². The summed E-state index contributed by atoms with van der Waals surface area (Å²) in [6.45, 7) is 6.60. The molecule has 2 N–H and O–H groups in total. The topological polar surface area (TPSA) is 69.6 Å². The second-order valence-electron chi connectivity index (χ2n) is 3.63. The zero-order chi connectivity index (χ0) is 13.5. The number of nitrogens with zero attached hydrogens (tertiary/aromatic N) is 1. The molecular weight excluding hydrogens is 252 g/mol. The van der Waals surface area contributed by atoms with Crippen molar-refractivity contribution in [2.45, 2.75) is 13.3 Å². The van der Waals surface area contributed by atoms with Crippen molar-refractivity contribution in [3.05, 3.63) is 29.7 Å². The Hall–Kier alpha value is -1.82. The second kappa shape index (κ2) is 6.80.